The van der Waals surface area contributed by atoms with E-state index in [4.69, 9.17) is 0 Å². The minimum Gasteiger partial charge on any atom is -0.463 e. The van der Waals surface area contributed by atoms with E-state index in [1.54, 1.807) is 0 Å². The number of carbonyl (C=O) groups is 1. The second kappa shape index (κ2) is 5.77. The highest BCUT2D eigenvalue weighted by molar-refractivity contribution is 5.72. The molecule has 2 atom stereocenters. The number of hydrogen-bond donors (Lipinski definition) is 0. The van der Waals surface area contributed by atoms with Crippen molar-refractivity contribution in [3.05, 3.63) is 0 Å². The molecule has 0 aliphatic rings. The maximum absolute atomic E-state index is 13.4. The molecule has 0 aromatic carbocycles. The van der Waals surface area contributed by atoms with E-state index in [2.05, 4.69) is 4.74 Å². The summed E-state index contributed by atoms with van der Waals surface area (Å²) in [5.74, 6) is -17.3. The molecule has 20 heavy (non-hydrogen) atoms. The normalized spacial score (nSPS) is 17.0. The minimum atomic E-state index is -6.41. The molecule has 0 aromatic rings. The van der Waals surface area contributed by atoms with Crippen LogP contribution < -0.4 is 0 Å². The van der Waals surface area contributed by atoms with Gasteiger partial charge in [-0.3, -0.25) is 4.79 Å². The Morgan fingerprint density at radius 2 is 1.30 bits per heavy atom. The van der Waals surface area contributed by atoms with E-state index in [1.165, 1.54) is 13.8 Å². The topological polar surface area (TPSA) is 26.3 Å². The zero-order valence-electron chi connectivity index (χ0n) is 11.2. The highest BCUT2D eigenvalue weighted by Gasteiger charge is 2.75. The Bertz CT molecular complexity index is 349. The van der Waals surface area contributed by atoms with Gasteiger partial charge < -0.3 is 4.74 Å². The molecular weight excluding hydrogens is 297 g/mol. The van der Waals surface area contributed by atoms with Gasteiger partial charge in [-0.1, -0.05) is 13.8 Å². The monoisotopic (exact) mass is 312 g/mol. The van der Waals surface area contributed by atoms with Gasteiger partial charge in [0.2, 0.25) is 0 Å². The highest BCUT2D eigenvalue weighted by Crippen LogP contribution is 2.51. The zero-order chi connectivity index (χ0) is 16.5. The quantitative estimate of drug-likeness (QED) is 0.565. The van der Waals surface area contributed by atoms with Crippen LogP contribution in [-0.2, 0) is 9.53 Å². The van der Waals surface area contributed by atoms with E-state index in [9.17, 15) is 35.5 Å². The van der Waals surface area contributed by atoms with Crippen molar-refractivity contribution in [2.45, 2.75) is 51.8 Å². The Morgan fingerprint density at radius 1 is 0.900 bits per heavy atom. The summed E-state index contributed by atoms with van der Waals surface area (Å²) in [5, 5.41) is 0. The van der Waals surface area contributed by atoms with Crippen molar-refractivity contribution >= 4 is 5.97 Å². The molecular formula is C11H15F7O2. The fourth-order valence-electron chi connectivity index (χ4n) is 1.33. The van der Waals surface area contributed by atoms with Gasteiger partial charge in [0.15, 0.2) is 0 Å². The van der Waals surface area contributed by atoms with Crippen LogP contribution in [-0.4, -0.2) is 30.1 Å². The highest BCUT2D eigenvalue weighted by atomic mass is 19.4. The fraction of sp³-hybridized carbons (Fsp3) is 0.909. The van der Waals surface area contributed by atoms with Gasteiger partial charge in [0.05, 0.1) is 12.0 Å². The number of alkyl halides is 7. The second-order valence-corrected chi connectivity index (χ2v) is 4.76. The molecule has 2 unspecified atom stereocenters. The average molecular weight is 312 g/mol. The molecule has 0 radical (unpaired) electrons. The molecule has 0 saturated heterocycles. The van der Waals surface area contributed by atoms with Gasteiger partial charge in [-0.25, -0.2) is 0 Å². The number of rotatable bonds is 5. The molecule has 9 heteroatoms. The lowest BCUT2D eigenvalue weighted by Gasteiger charge is -2.34. The van der Waals surface area contributed by atoms with E-state index < -0.39 is 41.9 Å². The average Bonchev–Trinajstić information content (AvgIpc) is 2.24. The van der Waals surface area contributed by atoms with Crippen molar-refractivity contribution in [2.75, 3.05) is 0 Å². The lowest BCUT2D eigenvalue weighted by molar-refractivity contribution is -0.367. The number of esters is 1. The van der Waals surface area contributed by atoms with Crippen LogP contribution in [0.3, 0.4) is 0 Å². The first-order chi connectivity index (χ1) is 8.66. The molecule has 2 nitrogen and oxygen atoms in total. The van der Waals surface area contributed by atoms with Gasteiger partial charge in [0.25, 0.3) is 0 Å². The van der Waals surface area contributed by atoms with Crippen molar-refractivity contribution in [1.82, 2.24) is 0 Å². The molecule has 0 fully saturated rings. The molecule has 0 spiro atoms. The first-order valence-corrected chi connectivity index (χ1v) is 5.69. The molecule has 0 saturated carbocycles. The summed E-state index contributed by atoms with van der Waals surface area (Å²) >= 11 is 0. The van der Waals surface area contributed by atoms with Crippen LogP contribution in [0.15, 0.2) is 0 Å². The molecule has 0 heterocycles. The van der Waals surface area contributed by atoms with Crippen LogP contribution in [0.1, 0.15) is 27.7 Å². The molecule has 0 N–H and O–H groups in total. The van der Waals surface area contributed by atoms with Crippen LogP contribution in [0.5, 0.6) is 0 Å². The Kier molecular flexibility index (Phi) is 5.47. The van der Waals surface area contributed by atoms with E-state index in [1.807, 2.05) is 0 Å². The summed E-state index contributed by atoms with van der Waals surface area (Å²) in [6.07, 6.45) is -7.11. The van der Waals surface area contributed by atoms with Crippen LogP contribution >= 0.6 is 0 Å². The second-order valence-electron chi connectivity index (χ2n) is 4.76. The summed E-state index contributed by atoms with van der Waals surface area (Å²) in [6, 6.07) is 0. The Labute approximate surface area is 111 Å². The maximum Gasteiger partial charge on any atom is 0.459 e. The van der Waals surface area contributed by atoms with Gasteiger partial charge in [-0.15, -0.1) is 0 Å². The number of halogens is 7. The third kappa shape index (κ3) is 3.54. The van der Waals surface area contributed by atoms with Gasteiger partial charge >= 0.3 is 24.0 Å². The Morgan fingerprint density at radius 3 is 1.60 bits per heavy atom. The predicted octanol–water partition coefficient (Wildman–Crippen LogP) is 4.04. The van der Waals surface area contributed by atoms with Crippen molar-refractivity contribution < 1.29 is 40.3 Å². The summed E-state index contributed by atoms with van der Waals surface area (Å²) in [6.45, 7) is 4.04. The largest absolute Gasteiger partial charge is 0.463 e. The number of hydrogen-bond acceptors (Lipinski definition) is 2. The van der Waals surface area contributed by atoms with Crippen LogP contribution in [0, 0.1) is 11.8 Å². The van der Waals surface area contributed by atoms with Crippen molar-refractivity contribution in [2.24, 2.45) is 11.8 Å². The van der Waals surface area contributed by atoms with Crippen LogP contribution in [0.25, 0.3) is 0 Å². The lowest BCUT2D eigenvalue weighted by Crippen LogP contribution is -2.56. The van der Waals surface area contributed by atoms with Crippen molar-refractivity contribution in [1.29, 1.82) is 0 Å². The van der Waals surface area contributed by atoms with Gasteiger partial charge in [-0.05, 0) is 13.8 Å². The van der Waals surface area contributed by atoms with E-state index in [0.717, 1.165) is 6.92 Å². The Balaban J connectivity index is 5.26. The van der Waals surface area contributed by atoms with E-state index >= 15 is 0 Å². The molecule has 0 aliphatic heterocycles. The lowest BCUT2D eigenvalue weighted by atomic mass is 9.86. The summed E-state index contributed by atoms with van der Waals surface area (Å²) in [4.78, 5) is 11.3. The molecule has 120 valence electrons. The molecule has 0 aromatic heterocycles. The standard InChI is InChI=1S/C11H15F7O2/c1-5(2)20-8(19)6(3)7(4)9(12,13)10(14,15)11(16,17)18/h5-7H,1-4H3. The van der Waals surface area contributed by atoms with Gasteiger partial charge in [0, 0.05) is 5.92 Å². The first kappa shape index (κ1) is 19.0. The van der Waals surface area contributed by atoms with Crippen LogP contribution in [0.4, 0.5) is 30.7 Å². The number of carbonyl (C=O) groups excluding carboxylic acids is 1. The third-order valence-electron chi connectivity index (χ3n) is 2.82. The minimum absolute atomic E-state index is 0.450. The van der Waals surface area contributed by atoms with Gasteiger partial charge in [-0.2, -0.15) is 30.7 Å². The molecule has 0 rings (SSSR count). The number of ether oxygens (including phenoxy) is 1. The molecule has 0 aliphatic carbocycles. The summed E-state index contributed by atoms with van der Waals surface area (Å²) < 4.78 is 92.9. The first-order valence-electron chi connectivity index (χ1n) is 5.69. The maximum atomic E-state index is 13.4. The molecule has 0 amide bonds. The predicted molar refractivity (Wildman–Crippen MR) is 55.5 cm³/mol. The molecule has 0 bridgehead atoms. The summed E-state index contributed by atoms with van der Waals surface area (Å²) in [5.41, 5.74) is 0. The SMILES string of the molecule is CC(C)OC(=O)C(C)C(C)C(F)(F)C(F)(F)C(F)(F)F. The summed E-state index contributed by atoms with van der Waals surface area (Å²) in [7, 11) is 0. The van der Waals surface area contributed by atoms with Crippen molar-refractivity contribution in [3.8, 4) is 0 Å². The fourth-order valence-corrected chi connectivity index (χ4v) is 1.33. The zero-order valence-corrected chi connectivity index (χ0v) is 11.2. The van der Waals surface area contributed by atoms with Crippen molar-refractivity contribution in [3.63, 3.8) is 0 Å². The van der Waals surface area contributed by atoms with E-state index in [0.29, 0.717) is 6.92 Å². The van der Waals surface area contributed by atoms with Crippen LogP contribution in [0.2, 0.25) is 0 Å². The third-order valence-corrected chi connectivity index (χ3v) is 2.82. The van der Waals surface area contributed by atoms with E-state index in [-0.39, 0.29) is 0 Å². The van der Waals surface area contributed by atoms with Gasteiger partial charge in [0.1, 0.15) is 0 Å². The Hall–Kier alpha value is -1.02. The smallest absolute Gasteiger partial charge is 0.459 e.